The summed E-state index contributed by atoms with van der Waals surface area (Å²) in [6.45, 7) is 2.30. The van der Waals surface area contributed by atoms with Crippen molar-refractivity contribution in [2.75, 3.05) is 0 Å². The van der Waals surface area contributed by atoms with Gasteiger partial charge < -0.3 is 4.57 Å². The minimum Gasteiger partial charge on any atom is -0.324 e. The lowest BCUT2D eigenvalue weighted by molar-refractivity contribution is 0.223. The first-order valence-electron chi connectivity index (χ1n) is 6.43. The van der Waals surface area contributed by atoms with Crippen molar-refractivity contribution in [1.29, 1.82) is 0 Å². The molecule has 1 aromatic heterocycles. The Morgan fingerprint density at radius 1 is 1.50 bits per heavy atom. The van der Waals surface area contributed by atoms with Gasteiger partial charge in [0.25, 0.3) is 0 Å². The van der Waals surface area contributed by atoms with Crippen molar-refractivity contribution in [1.82, 2.24) is 9.55 Å². The third-order valence-electron chi connectivity index (χ3n) is 4.08. The van der Waals surface area contributed by atoms with Crippen molar-refractivity contribution in [3.63, 3.8) is 0 Å². The summed E-state index contributed by atoms with van der Waals surface area (Å²) in [7, 11) is 0. The number of aromatic nitrogens is 2. The van der Waals surface area contributed by atoms with E-state index in [4.69, 9.17) is 11.6 Å². The molecular weight excluding hydrogens is 359 g/mol. The van der Waals surface area contributed by atoms with E-state index in [0.717, 1.165) is 17.3 Å². The van der Waals surface area contributed by atoms with Gasteiger partial charge in [-0.2, -0.15) is 0 Å². The molecule has 1 heterocycles. The van der Waals surface area contributed by atoms with Gasteiger partial charge in [-0.1, -0.05) is 6.42 Å². The lowest BCUT2D eigenvalue weighted by Crippen LogP contribution is -2.23. The zero-order chi connectivity index (χ0) is 12.7. The van der Waals surface area contributed by atoms with E-state index in [1.54, 1.807) is 0 Å². The summed E-state index contributed by atoms with van der Waals surface area (Å²) >= 11 is 8.40. The number of rotatable bonds is 3. The summed E-state index contributed by atoms with van der Waals surface area (Å²) < 4.78 is 3.57. The highest BCUT2D eigenvalue weighted by atomic mass is 127. The smallest absolute Gasteiger partial charge is 0.125 e. The molecule has 1 unspecified atom stereocenters. The minimum absolute atomic E-state index is 0.488. The molecule has 3 rings (SSSR count). The van der Waals surface area contributed by atoms with Crippen molar-refractivity contribution in [2.24, 2.45) is 5.92 Å². The predicted octanol–water partition coefficient (Wildman–Crippen LogP) is 4.74. The number of benzene rings is 1. The van der Waals surface area contributed by atoms with Gasteiger partial charge in [0.15, 0.2) is 0 Å². The van der Waals surface area contributed by atoms with Gasteiger partial charge in [-0.25, -0.2) is 4.98 Å². The van der Waals surface area contributed by atoms with Gasteiger partial charge in [0, 0.05) is 9.61 Å². The van der Waals surface area contributed by atoms with Gasteiger partial charge in [0.1, 0.15) is 5.82 Å². The molecule has 2 aromatic rings. The van der Waals surface area contributed by atoms with Gasteiger partial charge in [0.05, 0.1) is 16.9 Å². The van der Waals surface area contributed by atoms with Crippen LogP contribution in [0.25, 0.3) is 11.0 Å². The molecule has 0 spiro atoms. The van der Waals surface area contributed by atoms with Crippen molar-refractivity contribution < 1.29 is 0 Å². The molecule has 96 valence electrons. The second-order valence-corrected chi connectivity index (χ2v) is 6.61. The Morgan fingerprint density at radius 2 is 2.28 bits per heavy atom. The Kier molecular flexibility index (Phi) is 3.54. The topological polar surface area (TPSA) is 17.8 Å². The lowest BCUT2D eigenvalue weighted by atomic mass is 9.80. The number of imidazole rings is 1. The van der Waals surface area contributed by atoms with Crippen molar-refractivity contribution in [3.8, 4) is 0 Å². The zero-order valence-corrected chi connectivity index (χ0v) is 13.3. The maximum absolute atomic E-state index is 6.07. The van der Waals surface area contributed by atoms with E-state index < -0.39 is 0 Å². The van der Waals surface area contributed by atoms with Crippen LogP contribution in [0.4, 0.5) is 0 Å². The molecule has 0 radical (unpaired) electrons. The van der Waals surface area contributed by atoms with E-state index >= 15 is 0 Å². The number of fused-ring (bicyclic) bond motifs is 1. The van der Waals surface area contributed by atoms with Gasteiger partial charge in [0.2, 0.25) is 0 Å². The molecule has 0 bridgehead atoms. The number of hydrogen-bond donors (Lipinski definition) is 0. The van der Waals surface area contributed by atoms with Gasteiger partial charge >= 0.3 is 0 Å². The van der Waals surface area contributed by atoms with Crippen LogP contribution in [0.5, 0.6) is 0 Å². The number of halogens is 2. The van der Waals surface area contributed by atoms with E-state index in [0.29, 0.717) is 11.9 Å². The fourth-order valence-electron chi connectivity index (χ4n) is 2.80. The Hall–Kier alpha value is -0.290. The largest absolute Gasteiger partial charge is 0.324 e. The molecule has 1 atom stereocenters. The molecule has 1 aliphatic carbocycles. The maximum atomic E-state index is 6.07. The highest BCUT2D eigenvalue weighted by Crippen LogP contribution is 2.38. The van der Waals surface area contributed by atoms with Crippen LogP contribution in [-0.4, -0.2) is 9.55 Å². The average molecular weight is 375 g/mol. The number of nitrogens with zero attached hydrogens (tertiary/aromatic N) is 2. The molecule has 0 N–H and O–H groups in total. The third-order valence-corrected chi connectivity index (χ3v) is 4.99. The van der Waals surface area contributed by atoms with Gasteiger partial charge in [-0.15, -0.1) is 11.6 Å². The Labute approximate surface area is 126 Å². The standard InChI is InChI=1S/C14H16ClIN2/c1-9(10-3-2-4-10)18-13-6-5-11(16)7-12(13)17-14(18)8-15/h5-7,9-10H,2-4,8H2,1H3. The van der Waals surface area contributed by atoms with E-state index in [1.165, 1.54) is 28.3 Å². The molecule has 0 saturated heterocycles. The second-order valence-electron chi connectivity index (χ2n) is 5.10. The predicted molar refractivity (Wildman–Crippen MR) is 84.1 cm³/mol. The van der Waals surface area contributed by atoms with E-state index in [1.807, 2.05) is 0 Å². The highest BCUT2D eigenvalue weighted by Gasteiger charge is 2.27. The number of alkyl halides is 1. The molecule has 1 aromatic carbocycles. The molecular formula is C14H16ClIN2. The van der Waals surface area contributed by atoms with E-state index in [-0.39, 0.29) is 0 Å². The van der Waals surface area contributed by atoms with Crippen LogP contribution >= 0.6 is 34.2 Å². The number of hydrogen-bond acceptors (Lipinski definition) is 1. The summed E-state index contributed by atoms with van der Waals surface area (Å²) in [6.07, 6.45) is 4.05. The summed E-state index contributed by atoms with van der Waals surface area (Å²) in [5.41, 5.74) is 2.30. The Morgan fingerprint density at radius 3 is 2.89 bits per heavy atom. The van der Waals surface area contributed by atoms with Crippen molar-refractivity contribution in [2.45, 2.75) is 38.1 Å². The van der Waals surface area contributed by atoms with E-state index in [2.05, 4.69) is 57.3 Å². The lowest BCUT2D eigenvalue weighted by Gasteiger charge is -2.33. The van der Waals surface area contributed by atoms with Crippen molar-refractivity contribution >= 4 is 45.2 Å². The SMILES string of the molecule is CC(C1CCC1)n1c(CCl)nc2cc(I)ccc21. The van der Waals surface area contributed by atoms with Crippen LogP contribution in [0.1, 0.15) is 38.1 Å². The van der Waals surface area contributed by atoms with Crippen LogP contribution in [0.2, 0.25) is 0 Å². The van der Waals surface area contributed by atoms with Crippen LogP contribution in [-0.2, 0) is 5.88 Å². The molecule has 0 aliphatic heterocycles. The monoisotopic (exact) mass is 374 g/mol. The van der Waals surface area contributed by atoms with Crippen molar-refractivity contribution in [3.05, 3.63) is 27.6 Å². The second kappa shape index (κ2) is 5.00. The first-order chi connectivity index (χ1) is 8.70. The fourth-order valence-corrected chi connectivity index (χ4v) is 3.47. The normalized spacial score (nSPS) is 17.9. The van der Waals surface area contributed by atoms with Crippen LogP contribution < -0.4 is 0 Å². The third kappa shape index (κ3) is 2.05. The highest BCUT2D eigenvalue weighted by molar-refractivity contribution is 14.1. The molecule has 2 nitrogen and oxygen atoms in total. The maximum Gasteiger partial charge on any atom is 0.125 e. The van der Waals surface area contributed by atoms with Gasteiger partial charge in [-0.3, -0.25) is 0 Å². The summed E-state index contributed by atoms with van der Waals surface area (Å²) in [6, 6.07) is 6.97. The Bertz CT molecular complexity index is 574. The zero-order valence-electron chi connectivity index (χ0n) is 10.4. The van der Waals surface area contributed by atoms with E-state index in [9.17, 15) is 0 Å². The molecule has 1 fully saturated rings. The average Bonchev–Trinajstić information content (AvgIpc) is 2.63. The quantitative estimate of drug-likeness (QED) is 0.560. The molecule has 0 amide bonds. The van der Waals surface area contributed by atoms with Crippen LogP contribution in [0.3, 0.4) is 0 Å². The minimum atomic E-state index is 0.488. The molecule has 18 heavy (non-hydrogen) atoms. The first kappa shape index (κ1) is 12.7. The summed E-state index contributed by atoms with van der Waals surface area (Å²) in [4.78, 5) is 4.68. The molecule has 1 saturated carbocycles. The fraction of sp³-hybridized carbons (Fsp3) is 0.500. The first-order valence-corrected chi connectivity index (χ1v) is 8.04. The van der Waals surface area contributed by atoms with Gasteiger partial charge in [-0.05, 0) is 66.5 Å². The summed E-state index contributed by atoms with van der Waals surface area (Å²) in [5, 5.41) is 0. The molecule has 1 aliphatic rings. The van der Waals surface area contributed by atoms with Crippen LogP contribution in [0, 0.1) is 9.49 Å². The molecule has 4 heteroatoms. The Balaban J connectivity index is 2.12. The van der Waals surface area contributed by atoms with Crippen LogP contribution in [0.15, 0.2) is 18.2 Å². The summed E-state index contributed by atoms with van der Waals surface area (Å²) in [5.74, 6) is 2.29.